The van der Waals surface area contributed by atoms with E-state index in [2.05, 4.69) is 31.8 Å². The van der Waals surface area contributed by atoms with Crippen molar-refractivity contribution in [3.05, 3.63) is 64.6 Å². The van der Waals surface area contributed by atoms with Gasteiger partial charge >= 0.3 is 11.8 Å². The number of nitrogens with zero attached hydrogens (tertiary/aromatic N) is 1. The van der Waals surface area contributed by atoms with E-state index in [0.29, 0.717) is 5.69 Å². The van der Waals surface area contributed by atoms with Crippen LogP contribution in [-0.4, -0.2) is 18.0 Å². The van der Waals surface area contributed by atoms with Crippen LogP contribution in [0, 0.1) is 0 Å². The highest BCUT2D eigenvalue weighted by molar-refractivity contribution is 9.10. The fourth-order valence-corrected chi connectivity index (χ4v) is 1.91. The third-order valence-corrected chi connectivity index (χ3v) is 2.96. The molecular weight excluding hydrogens is 334 g/mol. The standard InChI is InChI=1S/C15H12BrN3O2/c16-12-7-4-8-13(9-12)18-14(20)15(21)19-17-10-11-5-2-1-3-6-11/h1-10H,(H,18,20)(H,19,21)/b17-10-. The van der Waals surface area contributed by atoms with E-state index in [1.165, 1.54) is 6.21 Å². The van der Waals surface area contributed by atoms with Gasteiger partial charge in [-0.2, -0.15) is 5.10 Å². The van der Waals surface area contributed by atoms with Crippen LogP contribution >= 0.6 is 15.9 Å². The van der Waals surface area contributed by atoms with E-state index < -0.39 is 11.8 Å². The first-order valence-corrected chi connectivity index (χ1v) is 6.89. The molecule has 2 rings (SSSR count). The normalized spacial score (nSPS) is 10.3. The van der Waals surface area contributed by atoms with Gasteiger partial charge in [-0.1, -0.05) is 52.3 Å². The number of hydrazone groups is 1. The van der Waals surface area contributed by atoms with Gasteiger partial charge < -0.3 is 5.32 Å². The first-order valence-electron chi connectivity index (χ1n) is 6.10. The molecule has 0 heterocycles. The van der Waals surface area contributed by atoms with Gasteiger partial charge in [0.2, 0.25) is 0 Å². The summed E-state index contributed by atoms with van der Waals surface area (Å²) in [5.74, 6) is -1.61. The number of hydrogen-bond acceptors (Lipinski definition) is 3. The van der Waals surface area contributed by atoms with Gasteiger partial charge in [-0.15, -0.1) is 0 Å². The van der Waals surface area contributed by atoms with E-state index in [1.54, 1.807) is 18.2 Å². The molecular formula is C15H12BrN3O2. The molecule has 2 aromatic carbocycles. The average molecular weight is 346 g/mol. The summed E-state index contributed by atoms with van der Waals surface area (Å²) in [4.78, 5) is 23.2. The molecule has 0 radical (unpaired) electrons. The number of hydrogen-bond donors (Lipinski definition) is 2. The Morgan fingerprint density at radius 2 is 1.76 bits per heavy atom. The molecule has 106 valence electrons. The van der Waals surface area contributed by atoms with E-state index in [4.69, 9.17) is 0 Å². The van der Waals surface area contributed by atoms with E-state index in [9.17, 15) is 9.59 Å². The van der Waals surface area contributed by atoms with Crippen LogP contribution < -0.4 is 10.7 Å². The maximum Gasteiger partial charge on any atom is 0.329 e. The molecule has 0 aromatic heterocycles. The van der Waals surface area contributed by atoms with Gasteiger partial charge in [0.1, 0.15) is 0 Å². The number of nitrogens with one attached hydrogen (secondary N) is 2. The Morgan fingerprint density at radius 3 is 2.48 bits per heavy atom. The number of halogens is 1. The van der Waals surface area contributed by atoms with Crippen LogP contribution in [0.3, 0.4) is 0 Å². The Kier molecular flexibility index (Phi) is 5.22. The molecule has 0 spiro atoms. The summed E-state index contributed by atoms with van der Waals surface area (Å²) in [7, 11) is 0. The number of benzene rings is 2. The van der Waals surface area contributed by atoms with Crippen LogP contribution in [0.15, 0.2) is 64.2 Å². The van der Waals surface area contributed by atoms with E-state index in [-0.39, 0.29) is 0 Å². The molecule has 21 heavy (non-hydrogen) atoms. The third-order valence-electron chi connectivity index (χ3n) is 2.47. The van der Waals surface area contributed by atoms with Crippen LogP contribution in [0.25, 0.3) is 0 Å². The number of carbonyl (C=O) groups is 2. The van der Waals surface area contributed by atoms with Gasteiger partial charge in [0.15, 0.2) is 0 Å². The smallest absolute Gasteiger partial charge is 0.318 e. The SMILES string of the molecule is O=C(N/N=C\c1ccccc1)C(=O)Nc1cccc(Br)c1. The molecule has 2 aromatic rings. The Labute approximate surface area is 130 Å². The highest BCUT2D eigenvalue weighted by atomic mass is 79.9. The first-order chi connectivity index (χ1) is 10.1. The van der Waals surface area contributed by atoms with Crippen molar-refractivity contribution in [3.8, 4) is 0 Å². The topological polar surface area (TPSA) is 70.6 Å². The Balaban J connectivity index is 1.88. The zero-order valence-corrected chi connectivity index (χ0v) is 12.5. The third kappa shape index (κ3) is 4.85. The van der Waals surface area contributed by atoms with Crippen molar-refractivity contribution in [3.63, 3.8) is 0 Å². The number of rotatable bonds is 3. The first kappa shape index (κ1) is 14.9. The lowest BCUT2D eigenvalue weighted by molar-refractivity contribution is -0.136. The minimum Gasteiger partial charge on any atom is -0.318 e. The molecule has 0 saturated carbocycles. The van der Waals surface area contributed by atoms with E-state index in [0.717, 1.165) is 10.0 Å². The Morgan fingerprint density at radius 1 is 1.00 bits per heavy atom. The molecule has 0 unspecified atom stereocenters. The van der Waals surface area contributed by atoms with Gasteiger partial charge in [-0.05, 0) is 23.8 Å². The quantitative estimate of drug-likeness (QED) is 0.509. The molecule has 0 aliphatic carbocycles. The van der Waals surface area contributed by atoms with Crippen molar-refractivity contribution in [2.45, 2.75) is 0 Å². The molecule has 0 aliphatic heterocycles. The number of amides is 2. The van der Waals surface area contributed by atoms with E-state index >= 15 is 0 Å². The zero-order chi connectivity index (χ0) is 15.1. The number of carbonyl (C=O) groups excluding carboxylic acids is 2. The minimum atomic E-state index is -0.831. The average Bonchev–Trinajstić information content (AvgIpc) is 2.48. The van der Waals surface area contributed by atoms with Crippen LogP contribution in [-0.2, 0) is 9.59 Å². The molecule has 2 amide bonds. The zero-order valence-electron chi connectivity index (χ0n) is 10.9. The lowest BCUT2D eigenvalue weighted by atomic mass is 10.2. The maximum atomic E-state index is 11.7. The van der Waals surface area contributed by atoms with Crippen molar-refractivity contribution in [2.75, 3.05) is 5.32 Å². The second kappa shape index (κ2) is 7.35. The van der Waals surface area contributed by atoms with Gasteiger partial charge in [-0.25, -0.2) is 5.43 Å². The van der Waals surface area contributed by atoms with Crippen LogP contribution in [0.4, 0.5) is 5.69 Å². The predicted molar refractivity (Wildman–Crippen MR) is 85.0 cm³/mol. The van der Waals surface area contributed by atoms with Crippen LogP contribution in [0.5, 0.6) is 0 Å². The lowest BCUT2D eigenvalue weighted by Crippen LogP contribution is -2.32. The Hall–Kier alpha value is -2.47. The second-order valence-electron chi connectivity index (χ2n) is 4.07. The monoisotopic (exact) mass is 345 g/mol. The van der Waals surface area contributed by atoms with Crippen molar-refractivity contribution < 1.29 is 9.59 Å². The van der Waals surface area contributed by atoms with Crippen molar-refractivity contribution in [1.29, 1.82) is 0 Å². The largest absolute Gasteiger partial charge is 0.329 e. The highest BCUT2D eigenvalue weighted by Gasteiger charge is 2.12. The van der Waals surface area contributed by atoms with Crippen molar-refractivity contribution >= 4 is 39.6 Å². The summed E-state index contributed by atoms with van der Waals surface area (Å²) in [6.45, 7) is 0. The van der Waals surface area contributed by atoms with Crippen LogP contribution in [0.2, 0.25) is 0 Å². The minimum absolute atomic E-state index is 0.525. The molecule has 6 heteroatoms. The number of anilines is 1. The summed E-state index contributed by atoms with van der Waals surface area (Å²) in [5, 5.41) is 6.20. The molecule has 0 saturated heterocycles. The molecule has 0 aliphatic rings. The molecule has 0 atom stereocenters. The summed E-state index contributed by atoms with van der Waals surface area (Å²) < 4.78 is 0.808. The molecule has 0 fully saturated rings. The summed E-state index contributed by atoms with van der Waals surface area (Å²) >= 11 is 3.28. The molecule has 0 bridgehead atoms. The second-order valence-corrected chi connectivity index (χ2v) is 4.99. The lowest BCUT2D eigenvalue weighted by Gasteiger charge is -2.04. The Bertz CT molecular complexity index is 672. The van der Waals surface area contributed by atoms with E-state index in [1.807, 2.05) is 36.4 Å². The van der Waals surface area contributed by atoms with Crippen molar-refractivity contribution in [2.24, 2.45) is 5.10 Å². The summed E-state index contributed by atoms with van der Waals surface area (Å²) in [5.41, 5.74) is 3.52. The predicted octanol–water partition coefficient (Wildman–Crippen LogP) is 2.54. The van der Waals surface area contributed by atoms with Gasteiger partial charge in [-0.3, -0.25) is 9.59 Å². The fourth-order valence-electron chi connectivity index (χ4n) is 1.51. The maximum absolute atomic E-state index is 11.7. The van der Waals surface area contributed by atoms with Gasteiger partial charge in [0.25, 0.3) is 0 Å². The fraction of sp³-hybridized carbons (Fsp3) is 0. The summed E-state index contributed by atoms with van der Waals surface area (Å²) in [6.07, 6.45) is 1.46. The molecule has 2 N–H and O–H groups in total. The van der Waals surface area contributed by atoms with Crippen LogP contribution in [0.1, 0.15) is 5.56 Å². The van der Waals surface area contributed by atoms with Gasteiger partial charge in [0, 0.05) is 10.2 Å². The molecule has 5 nitrogen and oxygen atoms in total. The van der Waals surface area contributed by atoms with Crippen molar-refractivity contribution in [1.82, 2.24) is 5.43 Å². The summed E-state index contributed by atoms with van der Waals surface area (Å²) in [6, 6.07) is 16.2. The van der Waals surface area contributed by atoms with Gasteiger partial charge in [0.05, 0.1) is 6.21 Å². The highest BCUT2D eigenvalue weighted by Crippen LogP contribution is 2.15.